The fourth-order valence-corrected chi connectivity index (χ4v) is 2.59. The molecular weight excluding hydrogens is 178 g/mol. The monoisotopic (exact) mass is 197 g/mol. The van der Waals surface area contributed by atoms with Crippen LogP contribution in [-0.2, 0) is 9.53 Å². The molecule has 1 heterocycles. The Bertz CT molecular complexity index is 211. The maximum atomic E-state index is 12.0. The van der Waals surface area contributed by atoms with Crippen molar-refractivity contribution in [2.24, 2.45) is 5.92 Å². The Kier molecular flexibility index (Phi) is 3.19. The molecule has 0 aromatic rings. The minimum atomic E-state index is 0.0723. The molecule has 1 aliphatic heterocycles. The molecule has 2 atom stereocenters. The highest BCUT2D eigenvalue weighted by atomic mass is 16.5. The van der Waals surface area contributed by atoms with Gasteiger partial charge in [0, 0.05) is 19.6 Å². The maximum Gasteiger partial charge on any atom is 0.152 e. The topological polar surface area (TPSA) is 38.3 Å². The largest absolute Gasteiger partial charge is 0.380 e. The van der Waals surface area contributed by atoms with Crippen LogP contribution >= 0.6 is 0 Å². The molecule has 0 aromatic carbocycles. The van der Waals surface area contributed by atoms with Crippen LogP contribution in [0.15, 0.2) is 0 Å². The number of carbonyl (C=O) groups is 1. The molecule has 80 valence electrons. The third-order valence-corrected chi connectivity index (χ3v) is 3.52. The SMILES string of the molecule is COC1CNC(C(=O)C2CCCC2)C1. The zero-order valence-electron chi connectivity index (χ0n) is 8.79. The standard InChI is InChI=1S/C11H19NO2/c1-14-9-6-10(12-7-9)11(13)8-4-2-3-5-8/h8-10,12H,2-7H2,1H3. The van der Waals surface area contributed by atoms with Gasteiger partial charge in [0.1, 0.15) is 0 Å². The smallest absolute Gasteiger partial charge is 0.152 e. The number of rotatable bonds is 3. The summed E-state index contributed by atoms with van der Waals surface area (Å²) in [6, 6.07) is 0.0723. The van der Waals surface area contributed by atoms with Crippen LogP contribution in [0, 0.1) is 5.92 Å². The van der Waals surface area contributed by atoms with E-state index in [1.807, 2.05) is 0 Å². The summed E-state index contributed by atoms with van der Waals surface area (Å²) in [7, 11) is 1.72. The number of ether oxygens (including phenoxy) is 1. The predicted molar refractivity (Wildman–Crippen MR) is 54.2 cm³/mol. The van der Waals surface area contributed by atoms with Gasteiger partial charge in [0.25, 0.3) is 0 Å². The first kappa shape index (κ1) is 10.1. The Morgan fingerprint density at radius 1 is 1.36 bits per heavy atom. The molecule has 0 amide bonds. The third kappa shape index (κ3) is 1.98. The van der Waals surface area contributed by atoms with Crippen LogP contribution < -0.4 is 5.32 Å². The number of carbonyl (C=O) groups excluding carboxylic acids is 1. The van der Waals surface area contributed by atoms with Gasteiger partial charge in [-0.15, -0.1) is 0 Å². The van der Waals surface area contributed by atoms with Crippen LogP contribution in [0.1, 0.15) is 32.1 Å². The van der Waals surface area contributed by atoms with Gasteiger partial charge in [0.2, 0.25) is 0 Å². The van der Waals surface area contributed by atoms with Gasteiger partial charge in [0.05, 0.1) is 12.1 Å². The number of methoxy groups -OCH3 is 1. The lowest BCUT2D eigenvalue weighted by Gasteiger charge is -2.14. The van der Waals surface area contributed by atoms with Crippen LogP contribution in [0.4, 0.5) is 0 Å². The van der Waals surface area contributed by atoms with E-state index in [1.165, 1.54) is 12.8 Å². The Morgan fingerprint density at radius 3 is 2.64 bits per heavy atom. The van der Waals surface area contributed by atoms with Crippen molar-refractivity contribution in [2.45, 2.75) is 44.2 Å². The van der Waals surface area contributed by atoms with Gasteiger partial charge in [-0.05, 0) is 19.3 Å². The average Bonchev–Trinajstić information content (AvgIpc) is 2.88. The van der Waals surface area contributed by atoms with Gasteiger partial charge in [-0.3, -0.25) is 4.79 Å². The van der Waals surface area contributed by atoms with Gasteiger partial charge in [-0.2, -0.15) is 0 Å². The second-order valence-electron chi connectivity index (χ2n) is 4.44. The van der Waals surface area contributed by atoms with E-state index >= 15 is 0 Å². The third-order valence-electron chi connectivity index (χ3n) is 3.52. The molecule has 0 bridgehead atoms. The first-order valence-corrected chi connectivity index (χ1v) is 5.61. The van der Waals surface area contributed by atoms with E-state index in [2.05, 4.69) is 5.32 Å². The van der Waals surface area contributed by atoms with Crippen LogP contribution in [0.2, 0.25) is 0 Å². The normalized spacial score (nSPS) is 33.8. The minimum absolute atomic E-state index is 0.0723. The van der Waals surface area contributed by atoms with Gasteiger partial charge < -0.3 is 10.1 Å². The summed E-state index contributed by atoms with van der Waals surface area (Å²) in [6.07, 6.45) is 5.79. The van der Waals surface area contributed by atoms with Gasteiger partial charge >= 0.3 is 0 Å². The van der Waals surface area contributed by atoms with E-state index in [9.17, 15) is 4.79 Å². The van der Waals surface area contributed by atoms with Crippen molar-refractivity contribution in [3.8, 4) is 0 Å². The second kappa shape index (κ2) is 4.41. The van der Waals surface area contributed by atoms with E-state index in [0.717, 1.165) is 25.8 Å². The van der Waals surface area contributed by atoms with E-state index < -0.39 is 0 Å². The minimum Gasteiger partial charge on any atom is -0.380 e. The van der Waals surface area contributed by atoms with Gasteiger partial charge in [-0.1, -0.05) is 12.8 Å². The summed E-state index contributed by atoms with van der Waals surface area (Å²) < 4.78 is 5.24. The summed E-state index contributed by atoms with van der Waals surface area (Å²) in [6.45, 7) is 0.833. The summed E-state index contributed by atoms with van der Waals surface area (Å²) in [5.41, 5.74) is 0. The first-order valence-electron chi connectivity index (χ1n) is 5.61. The zero-order chi connectivity index (χ0) is 9.97. The van der Waals surface area contributed by atoms with Crippen molar-refractivity contribution in [3.05, 3.63) is 0 Å². The highest BCUT2D eigenvalue weighted by Crippen LogP contribution is 2.28. The lowest BCUT2D eigenvalue weighted by atomic mass is 9.95. The molecular formula is C11H19NO2. The highest BCUT2D eigenvalue weighted by Gasteiger charge is 2.34. The summed E-state index contributed by atoms with van der Waals surface area (Å²) >= 11 is 0. The molecule has 14 heavy (non-hydrogen) atoms. The van der Waals surface area contributed by atoms with Gasteiger partial charge in [0.15, 0.2) is 5.78 Å². The van der Waals surface area contributed by atoms with E-state index in [4.69, 9.17) is 4.74 Å². The molecule has 3 nitrogen and oxygen atoms in total. The van der Waals surface area contributed by atoms with Crippen molar-refractivity contribution in [3.63, 3.8) is 0 Å². The molecule has 2 rings (SSSR count). The summed E-state index contributed by atoms with van der Waals surface area (Å²) in [4.78, 5) is 12.0. The Morgan fingerprint density at radius 2 is 2.07 bits per heavy atom. The Labute approximate surface area is 85.2 Å². The van der Waals surface area contributed by atoms with Crippen molar-refractivity contribution < 1.29 is 9.53 Å². The van der Waals surface area contributed by atoms with Gasteiger partial charge in [-0.25, -0.2) is 0 Å². The highest BCUT2D eigenvalue weighted by molar-refractivity contribution is 5.86. The molecule has 2 fully saturated rings. The number of ketones is 1. The number of hydrogen-bond acceptors (Lipinski definition) is 3. The molecule has 3 heteroatoms. The quantitative estimate of drug-likeness (QED) is 0.737. The van der Waals surface area contributed by atoms with Crippen molar-refractivity contribution in [1.29, 1.82) is 0 Å². The Hall–Kier alpha value is -0.410. The lowest BCUT2D eigenvalue weighted by molar-refractivity contribution is -0.124. The fraction of sp³-hybridized carbons (Fsp3) is 0.909. The number of nitrogens with one attached hydrogen (secondary N) is 1. The fourth-order valence-electron chi connectivity index (χ4n) is 2.59. The molecule has 0 radical (unpaired) electrons. The summed E-state index contributed by atoms with van der Waals surface area (Å²) in [5, 5.41) is 3.26. The van der Waals surface area contributed by atoms with Crippen LogP contribution in [0.25, 0.3) is 0 Å². The second-order valence-corrected chi connectivity index (χ2v) is 4.44. The molecule has 2 unspecified atom stereocenters. The first-order chi connectivity index (χ1) is 6.81. The molecule has 1 aliphatic carbocycles. The van der Waals surface area contributed by atoms with E-state index in [1.54, 1.807) is 7.11 Å². The molecule has 0 aromatic heterocycles. The average molecular weight is 197 g/mol. The van der Waals surface area contributed by atoms with E-state index in [-0.39, 0.29) is 12.1 Å². The zero-order valence-corrected chi connectivity index (χ0v) is 8.79. The predicted octanol–water partition coefficient (Wildman–Crippen LogP) is 1.12. The van der Waals surface area contributed by atoms with Crippen LogP contribution in [0.5, 0.6) is 0 Å². The van der Waals surface area contributed by atoms with Crippen molar-refractivity contribution in [1.82, 2.24) is 5.32 Å². The molecule has 1 N–H and O–H groups in total. The van der Waals surface area contributed by atoms with Crippen molar-refractivity contribution >= 4 is 5.78 Å². The van der Waals surface area contributed by atoms with Crippen LogP contribution in [0.3, 0.4) is 0 Å². The molecule has 1 saturated carbocycles. The molecule has 1 saturated heterocycles. The maximum absolute atomic E-state index is 12.0. The Balaban J connectivity index is 1.86. The number of Topliss-reactive ketones (excluding diaryl/α,β-unsaturated/α-hetero) is 1. The van der Waals surface area contributed by atoms with E-state index in [0.29, 0.717) is 11.7 Å². The van der Waals surface area contributed by atoms with Crippen molar-refractivity contribution in [2.75, 3.05) is 13.7 Å². The van der Waals surface area contributed by atoms with Crippen LogP contribution in [-0.4, -0.2) is 31.6 Å². The molecule has 2 aliphatic rings. The molecule has 0 spiro atoms. The lowest BCUT2D eigenvalue weighted by Crippen LogP contribution is -2.34. The number of hydrogen-bond donors (Lipinski definition) is 1. The summed E-state index contributed by atoms with van der Waals surface area (Å²) in [5.74, 6) is 0.769.